The van der Waals surface area contributed by atoms with Crippen molar-refractivity contribution in [3.63, 3.8) is 0 Å². The van der Waals surface area contributed by atoms with Crippen LogP contribution in [0.15, 0.2) is 60.9 Å². The van der Waals surface area contributed by atoms with Gasteiger partial charge in [0.2, 0.25) is 0 Å². The largest absolute Gasteiger partial charge is 0.340 e. The first-order chi connectivity index (χ1) is 10.7. The SMILES string of the molecule is Fc1ccc2c(c1Cl)CCN2c1ccn(-c2ccccc2)c1. The van der Waals surface area contributed by atoms with E-state index in [2.05, 4.69) is 33.9 Å². The van der Waals surface area contributed by atoms with E-state index < -0.39 is 0 Å². The number of rotatable bonds is 2. The summed E-state index contributed by atoms with van der Waals surface area (Å²) in [6.45, 7) is 0.817. The fourth-order valence-corrected chi connectivity index (χ4v) is 3.25. The molecule has 0 radical (unpaired) electrons. The Bertz CT molecular complexity index is 826. The van der Waals surface area contributed by atoms with Crippen molar-refractivity contribution in [1.82, 2.24) is 4.57 Å². The van der Waals surface area contributed by atoms with Crippen molar-refractivity contribution >= 4 is 23.0 Å². The zero-order valence-corrected chi connectivity index (χ0v) is 12.6. The number of nitrogens with zero attached hydrogens (tertiary/aromatic N) is 2. The van der Waals surface area contributed by atoms with E-state index in [0.717, 1.165) is 35.6 Å². The molecule has 22 heavy (non-hydrogen) atoms. The maximum atomic E-state index is 13.6. The van der Waals surface area contributed by atoms with Crippen LogP contribution in [-0.2, 0) is 6.42 Å². The van der Waals surface area contributed by atoms with Gasteiger partial charge >= 0.3 is 0 Å². The molecule has 0 N–H and O–H groups in total. The van der Waals surface area contributed by atoms with Crippen LogP contribution < -0.4 is 4.90 Å². The highest BCUT2D eigenvalue weighted by atomic mass is 35.5. The Kier molecular flexibility index (Phi) is 3.16. The number of hydrogen-bond acceptors (Lipinski definition) is 1. The third kappa shape index (κ3) is 2.09. The minimum Gasteiger partial charge on any atom is -0.340 e. The smallest absolute Gasteiger partial charge is 0.142 e. The number of anilines is 2. The van der Waals surface area contributed by atoms with Crippen LogP contribution >= 0.6 is 11.6 Å². The summed E-state index contributed by atoms with van der Waals surface area (Å²) < 4.78 is 15.7. The second-order valence-electron chi connectivity index (χ2n) is 5.37. The van der Waals surface area contributed by atoms with Gasteiger partial charge in [0.15, 0.2) is 0 Å². The van der Waals surface area contributed by atoms with E-state index in [9.17, 15) is 4.39 Å². The monoisotopic (exact) mass is 312 g/mol. The number of para-hydroxylation sites is 1. The van der Waals surface area contributed by atoms with Crippen molar-refractivity contribution in [2.24, 2.45) is 0 Å². The van der Waals surface area contributed by atoms with Gasteiger partial charge in [0.05, 0.1) is 10.7 Å². The second-order valence-corrected chi connectivity index (χ2v) is 5.75. The molecule has 1 aliphatic heterocycles. The quantitative estimate of drug-likeness (QED) is 0.649. The van der Waals surface area contributed by atoms with Crippen LogP contribution in [-0.4, -0.2) is 11.1 Å². The molecule has 0 fully saturated rings. The number of benzene rings is 2. The summed E-state index contributed by atoms with van der Waals surface area (Å²) in [5.74, 6) is -0.343. The molecule has 110 valence electrons. The standard InChI is InChI=1S/C18H14ClFN2/c19-18-15-9-11-22(17(15)7-6-16(18)20)14-8-10-21(12-14)13-4-2-1-3-5-13/h1-8,10,12H,9,11H2. The lowest BCUT2D eigenvalue weighted by Crippen LogP contribution is -2.12. The Morgan fingerprint density at radius 1 is 0.955 bits per heavy atom. The molecule has 0 saturated heterocycles. The second kappa shape index (κ2) is 5.18. The molecule has 2 heterocycles. The van der Waals surface area contributed by atoms with E-state index in [1.165, 1.54) is 6.07 Å². The summed E-state index contributed by atoms with van der Waals surface area (Å²) >= 11 is 6.09. The van der Waals surface area contributed by atoms with Gasteiger partial charge in [-0.05, 0) is 42.3 Å². The summed E-state index contributed by atoms with van der Waals surface area (Å²) in [4.78, 5) is 2.18. The van der Waals surface area contributed by atoms with Gasteiger partial charge in [-0.2, -0.15) is 0 Å². The van der Waals surface area contributed by atoms with Crippen molar-refractivity contribution in [3.05, 3.63) is 77.3 Å². The highest BCUT2D eigenvalue weighted by Crippen LogP contribution is 2.39. The van der Waals surface area contributed by atoms with Gasteiger partial charge in [-0.15, -0.1) is 0 Å². The number of hydrogen-bond donors (Lipinski definition) is 0. The van der Waals surface area contributed by atoms with Gasteiger partial charge in [-0.1, -0.05) is 29.8 Å². The molecule has 1 aromatic heterocycles. The van der Waals surface area contributed by atoms with Crippen molar-refractivity contribution < 1.29 is 4.39 Å². The van der Waals surface area contributed by atoms with E-state index in [0.29, 0.717) is 0 Å². The fourth-order valence-electron chi connectivity index (χ4n) is 2.99. The molecule has 0 amide bonds. The summed E-state index contributed by atoms with van der Waals surface area (Å²) in [6, 6.07) is 15.5. The molecule has 4 rings (SSSR count). The van der Waals surface area contributed by atoms with Crippen molar-refractivity contribution in [2.75, 3.05) is 11.4 Å². The van der Waals surface area contributed by atoms with Crippen LogP contribution in [0.25, 0.3) is 5.69 Å². The van der Waals surface area contributed by atoms with Gasteiger partial charge < -0.3 is 9.47 Å². The zero-order chi connectivity index (χ0) is 15.1. The Morgan fingerprint density at radius 2 is 1.77 bits per heavy atom. The van der Waals surface area contributed by atoms with E-state index >= 15 is 0 Å². The minimum absolute atomic E-state index is 0.252. The zero-order valence-electron chi connectivity index (χ0n) is 11.8. The lowest BCUT2D eigenvalue weighted by Gasteiger charge is -2.18. The average Bonchev–Trinajstić information content (AvgIpc) is 3.18. The van der Waals surface area contributed by atoms with Crippen LogP contribution in [0.3, 0.4) is 0 Å². The van der Waals surface area contributed by atoms with Crippen molar-refractivity contribution in [3.8, 4) is 5.69 Å². The number of halogens is 2. The molecule has 0 aliphatic carbocycles. The predicted octanol–water partition coefficient (Wildman–Crippen LogP) is 4.96. The van der Waals surface area contributed by atoms with Gasteiger partial charge in [0.25, 0.3) is 0 Å². The fraction of sp³-hybridized carbons (Fsp3) is 0.111. The van der Waals surface area contributed by atoms with Gasteiger partial charge in [-0.3, -0.25) is 0 Å². The van der Waals surface area contributed by atoms with Crippen molar-refractivity contribution in [1.29, 1.82) is 0 Å². The van der Waals surface area contributed by atoms with Crippen molar-refractivity contribution in [2.45, 2.75) is 6.42 Å². The summed E-state index contributed by atoms with van der Waals surface area (Å²) in [5, 5.41) is 0.252. The molecule has 0 bridgehead atoms. The molecule has 3 aromatic rings. The van der Waals surface area contributed by atoms with E-state index in [1.54, 1.807) is 0 Å². The van der Waals surface area contributed by atoms with Crippen LogP contribution in [0, 0.1) is 5.82 Å². The third-order valence-corrected chi connectivity index (χ3v) is 4.50. The van der Waals surface area contributed by atoms with Crippen LogP contribution in [0.2, 0.25) is 5.02 Å². The molecule has 0 atom stereocenters. The third-order valence-electron chi connectivity index (χ3n) is 4.09. The lowest BCUT2D eigenvalue weighted by atomic mass is 10.1. The highest BCUT2D eigenvalue weighted by Gasteiger charge is 2.24. The molecule has 2 aromatic carbocycles. The topological polar surface area (TPSA) is 8.17 Å². The van der Waals surface area contributed by atoms with E-state index in [-0.39, 0.29) is 10.8 Å². The van der Waals surface area contributed by atoms with Crippen LogP contribution in [0.4, 0.5) is 15.8 Å². The first kappa shape index (κ1) is 13.4. The molecule has 0 unspecified atom stereocenters. The number of aromatic nitrogens is 1. The van der Waals surface area contributed by atoms with E-state index in [4.69, 9.17) is 11.6 Å². The Morgan fingerprint density at radius 3 is 2.59 bits per heavy atom. The summed E-state index contributed by atoms with van der Waals surface area (Å²) in [7, 11) is 0. The molecule has 1 aliphatic rings. The van der Waals surface area contributed by atoms with Gasteiger partial charge in [0.1, 0.15) is 5.82 Å². The van der Waals surface area contributed by atoms with Crippen LogP contribution in [0.5, 0.6) is 0 Å². The molecular weight excluding hydrogens is 299 g/mol. The molecule has 4 heteroatoms. The summed E-state index contributed by atoms with van der Waals surface area (Å²) in [6.07, 6.45) is 4.89. The molecule has 0 saturated carbocycles. The normalized spacial score (nSPS) is 13.5. The first-order valence-electron chi connectivity index (χ1n) is 7.22. The minimum atomic E-state index is -0.343. The molecule has 2 nitrogen and oxygen atoms in total. The highest BCUT2D eigenvalue weighted by molar-refractivity contribution is 6.32. The molecular formula is C18H14ClFN2. The Labute approximate surface area is 133 Å². The van der Waals surface area contributed by atoms with Crippen LogP contribution in [0.1, 0.15) is 5.56 Å². The van der Waals surface area contributed by atoms with Gasteiger partial charge in [0, 0.05) is 30.3 Å². The maximum Gasteiger partial charge on any atom is 0.142 e. The number of fused-ring (bicyclic) bond motifs is 1. The van der Waals surface area contributed by atoms with Gasteiger partial charge in [-0.25, -0.2) is 4.39 Å². The average molecular weight is 313 g/mol. The summed E-state index contributed by atoms with van der Waals surface area (Å²) in [5.41, 5.74) is 4.10. The first-order valence-corrected chi connectivity index (χ1v) is 7.59. The Hall–Kier alpha value is -2.26. The molecule has 0 spiro atoms. The lowest BCUT2D eigenvalue weighted by molar-refractivity contribution is 0.627. The Balaban J connectivity index is 1.71. The van der Waals surface area contributed by atoms with E-state index in [1.807, 2.05) is 30.5 Å². The predicted molar refractivity (Wildman–Crippen MR) is 87.9 cm³/mol. The maximum absolute atomic E-state index is 13.6.